The van der Waals surface area contributed by atoms with Gasteiger partial charge in [-0.1, -0.05) is 13.8 Å². The number of aryl methyl sites for hydroxylation is 2. The summed E-state index contributed by atoms with van der Waals surface area (Å²) < 4.78 is 1.51. The molecule has 0 saturated heterocycles. The van der Waals surface area contributed by atoms with Gasteiger partial charge in [-0.05, 0) is 6.92 Å². The van der Waals surface area contributed by atoms with Crippen molar-refractivity contribution in [3.05, 3.63) is 11.3 Å². The monoisotopic (exact) mass is 241 g/mol. The molecule has 6 nitrogen and oxygen atoms in total. The van der Waals surface area contributed by atoms with E-state index in [1.165, 1.54) is 4.68 Å². The summed E-state index contributed by atoms with van der Waals surface area (Å²) in [6, 6.07) is 0. The molecule has 3 N–H and O–H groups in total. The molecule has 1 aromatic rings. The molecule has 0 saturated carbocycles. The molecule has 17 heavy (non-hydrogen) atoms. The van der Waals surface area contributed by atoms with E-state index >= 15 is 0 Å². The fourth-order valence-electron chi connectivity index (χ4n) is 1.50. The summed E-state index contributed by atoms with van der Waals surface area (Å²) in [5, 5.41) is 25.4. The molecule has 0 unspecified atom stereocenters. The largest absolute Gasteiger partial charge is 0.477 e. The molecule has 0 bridgehead atoms. The first kappa shape index (κ1) is 13.5. The Morgan fingerprint density at radius 2 is 2.12 bits per heavy atom. The number of nitrogens with zero attached hydrogens (tertiary/aromatic N) is 2. The maximum atomic E-state index is 11.1. The fraction of sp³-hybridized carbons (Fsp3) is 0.636. The van der Waals surface area contributed by atoms with Gasteiger partial charge in [-0.2, -0.15) is 5.10 Å². The fourth-order valence-corrected chi connectivity index (χ4v) is 1.50. The molecule has 1 heterocycles. The highest BCUT2D eigenvalue weighted by molar-refractivity contribution is 5.94. The Morgan fingerprint density at radius 1 is 1.53 bits per heavy atom. The molecule has 0 aliphatic rings. The number of carbonyl (C=O) groups is 1. The Kier molecular flexibility index (Phi) is 3.77. The number of carboxylic acid groups (broad SMARTS) is 1. The Balaban J connectivity index is 2.95. The lowest BCUT2D eigenvalue weighted by Crippen LogP contribution is -2.28. The molecule has 0 aliphatic heterocycles. The van der Waals surface area contributed by atoms with Crippen LogP contribution < -0.4 is 5.32 Å². The standard InChI is InChI=1S/C11H19N3O3/c1-7-8(10(16)17)9(14(4)13-7)12-5-11(2,3)6-15/h12,15H,5-6H2,1-4H3,(H,16,17). The minimum absolute atomic E-state index is 0.0270. The molecule has 0 amide bonds. The molecular formula is C11H19N3O3. The highest BCUT2D eigenvalue weighted by Gasteiger charge is 2.22. The second-order valence-electron chi connectivity index (χ2n) is 4.91. The Morgan fingerprint density at radius 3 is 2.59 bits per heavy atom. The van der Waals surface area contributed by atoms with Crippen molar-refractivity contribution in [2.45, 2.75) is 20.8 Å². The second-order valence-corrected chi connectivity index (χ2v) is 4.91. The Bertz CT molecular complexity index is 424. The number of hydrogen-bond donors (Lipinski definition) is 3. The van der Waals surface area contributed by atoms with Crippen molar-refractivity contribution < 1.29 is 15.0 Å². The molecule has 0 radical (unpaired) electrons. The van der Waals surface area contributed by atoms with Gasteiger partial charge in [-0.3, -0.25) is 4.68 Å². The van der Waals surface area contributed by atoms with Gasteiger partial charge in [0.1, 0.15) is 11.4 Å². The van der Waals surface area contributed by atoms with Crippen LogP contribution in [0.25, 0.3) is 0 Å². The van der Waals surface area contributed by atoms with Crippen LogP contribution in [0.15, 0.2) is 0 Å². The number of carboxylic acids is 1. The van der Waals surface area contributed by atoms with Gasteiger partial charge in [0.05, 0.1) is 5.69 Å². The van der Waals surface area contributed by atoms with E-state index in [0.717, 1.165) is 0 Å². The zero-order chi connectivity index (χ0) is 13.2. The van der Waals surface area contributed by atoms with E-state index in [9.17, 15) is 4.79 Å². The highest BCUT2D eigenvalue weighted by atomic mass is 16.4. The molecular weight excluding hydrogens is 222 g/mol. The van der Waals surface area contributed by atoms with Crippen LogP contribution in [0.5, 0.6) is 0 Å². The first-order valence-corrected chi connectivity index (χ1v) is 5.40. The van der Waals surface area contributed by atoms with Crippen LogP contribution in [0.2, 0.25) is 0 Å². The molecule has 1 rings (SSSR count). The van der Waals surface area contributed by atoms with E-state index in [4.69, 9.17) is 10.2 Å². The van der Waals surface area contributed by atoms with Crippen LogP contribution in [-0.4, -0.2) is 39.1 Å². The number of aliphatic hydroxyl groups is 1. The van der Waals surface area contributed by atoms with Crippen LogP contribution in [0.3, 0.4) is 0 Å². The average Bonchev–Trinajstić information content (AvgIpc) is 2.50. The summed E-state index contributed by atoms with van der Waals surface area (Å²) in [5.74, 6) is -0.531. The normalized spacial score (nSPS) is 11.6. The second kappa shape index (κ2) is 4.75. The van der Waals surface area contributed by atoms with Crippen molar-refractivity contribution in [2.75, 3.05) is 18.5 Å². The van der Waals surface area contributed by atoms with Gasteiger partial charge < -0.3 is 15.5 Å². The third-order valence-electron chi connectivity index (χ3n) is 2.60. The van der Waals surface area contributed by atoms with Gasteiger partial charge >= 0.3 is 5.97 Å². The van der Waals surface area contributed by atoms with Crippen LogP contribution >= 0.6 is 0 Å². The molecule has 0 fully saturated rings. The number of aromatic nitrogens is 2. The van der Waals surface area contributed by atoms with E-state index in [1.807, 2.05) is 13.8 Å². The van der Waals surface area contributed by atoms with Crippen LogP contribution in [0, 0.1) is 12.3 Å². The molecule has 0 aliphatic carbocycles. The SMILES string of the molecule is Cc1nn(C)c(NCC(C)(C)CO)c1C(=O)O. The number of nitrogens with one attached hydrogen (secondary N) is 1. The van der Waals surface area contributed by atoms with Crippen molar-refractivity contribution in [2.24, 2.45) is 12.5 Å². The summed E-state index contributed by atoms with van der Waals surface area (Å²) in [5.41, 5.74) is 0.346. The van der Waals surface area contributed by atoms with Gasteiger partial charge in [0, 0.05) is 25.6 Å². The van der Waals surface area contributed by atoms with Crippen molar-refractivity contribution in [1.82, 2.24) is 9.78 Å². The quantitative estimate of drug-likeness (QED) is 0.711. The molecule has 0 aromatic carbocycles. The molecule has 6 heteroatoms. The number of hydrogen-bond acceptors (Lipinski definition) is 4. The number of aromatic carboxylic acids is 1. The van der Waals surface area contributed by atoms with E-state index in [2.05, 4.69) is 10.4 Å². The molecule has 96 valence electrons. The third-order valence-corrected chi connectivity index (χ3v) is 2.60. The first-order valence-electron chi connectivity index (χ1n) is 5.40. The van der Waals surface area contributed by atoms with E-state index in [-0.39, 0.29) is 17.6 Å². The zero-order valence-electron chi connectivity index (χ0n) is 10.6. The minimum Gasteiger partial charge on any atom is -0.477 e. The summed E-state index contributed by atoms with van der Waals surface area (Å²) in [6.07, 6.45) is 0. The van der Waals surface area contributed by atoms with Crippen molar-refractivity contribution in [3.63, 3.8) is 0 Å². The number of rotatable bonds is 5. The summed E-state index contributed by atoms with van der Waals surface area (Å²) in [7, 11) is 1.69. The van der Waals surface area contributed by atoms with Crippen molar-refractivity contribution >= 4 is 11.8 Å². The lowest BCUT2D eigenvalue weighted by atomic mass is 9.95. The first-order chi connectivity index (χ1) is 7.78. The van der Waals surface area contributed by atoms with Gasteiger partial charge in [-0.25, -0.2) is 4.79 Å². The molecule has 0 spiro atoms. The highest BCUT2D eigenvalue weighted by Crippen LogP contribution is 2.21. The van der Waals surface area contributed by atoms with E-state index < -0.39 is 5.97 Å². The maximum Gasteiger partial charge on any atom is 0.341 e. The number of anilines is 1. The van der Waals surface area contributed by atoms with Crippen molar-refractivity contribution in [1.29, 1.82) is 0 Å². The summed E-state index contributed by atoms with van der Waals surface area (Å²) in [4.78, 5) is 11.1. The summed E-state index contributed by atoms with van der Waals surface area (Å²) >= 11 is 0. The third kappa shape index (κ3) is 2.97. The molecule has 1 aromatic heterocycles. The van der Waals surface area contributed by atoms with E-state index in [0.29, 0.717) is 18.1 Å². The number of aliphatic hydroxyl groups excluding tert-OH is 1. The van der Waals surface area contributed by atoms with Gasteiger partial charge in [0.2, 0.25) is 0 Å². The van der Waals surface area contributed by atoms with Gasteiger partial charge in [0.15, 0.2) is 0 Å². The van der Waals surface area contributed by atoms with Crippen molar-refractivity contribution in [3.8, 4) is 0 Å². The van der Waals surface area contributed by atoms with Gasteiger partial charge in [0.25, 0.3) is 0 Å². The van der Waals surface area contributed by atoms with Crippen LogP contribution in [0.4, 0.5) is 5.82 Å². The molecule has 0 atom stereocenters. The Hall–Kier alpha value is -1.56. The lowest BCUT2D eigenvalue weighted by Gasteiger charge is -2.22. The predicted molar refractivity (Wildman–Crippen MR) is 64.3 cm³/mol. The Labute approximate surface area is 100 Å². The lowest BCUT2D eigenvalue weighted by molar-refractivity contribution is 0.0697. The van der Waals surface area contributed by atoms with Crippen LogP contribution in [0.1, 0.15) is 29.9 Å². The predicted octanol–water partition coefficient (Wildman–Crippen LogP) is 0.857. The zero-order valence-corrected chi connectivity index (χ0v) is 10.6. The minimum atomic E-state index is -1.00. The maximum absolute atomic E-state index is 11.1. The van der Waals surface area contributed by atoms with Gasteiger partial charge in [-0.15, -0.1) is 0 Å². The summed E-state index contributed by atoms with van der Waals surface area (Å²) in [6.45, 7) is 5.95. The average molecular weight is 241 g/mol. The van der Waals surface area contributed by atoms with Crippen LogP contribution in [-0.2, 0) is 7.05 Å². The smallest absolute Gasteiger partial charge is 0.341 e. The van der Waals surface area contributed by atoms with E-state index in [1.54, 1.807) is 14.0 Å². The topological polar surface area (TPSA) is 87.4 Å².